The average molecular weight is 271 g/mol. The largest absolute Gasteiger partial charge is 0.389 e. The van der Waals surface area contributed by atoms with Gasteiger partial charge in [-0.3, -0.25) is 0 Å². The van der Waals surface area contributed by atoms with Crippen LogP contribution in [0.2, 0.25) is 0 Å². The topological polar surface area (TPSA) is 12.0 Å². The number of rotatable bonds is 9. The SMILES string of the molecule is CCCNC(CCC(F)(F)F)CSCC(C)C. The van der Waals surface area contributed by atoms with Crippen LogP contribution in [-0.2, 0) is 0 Å². The zero-order valence-electron chi connectivity index (χ0n) is 10.9. The first-order valence-corrected chi connectivity index (χ1v) is 7.38. The highest BCUT2D eigenvalue weighted by Crippen LogP contribution is 2.23. The Morgan fingerprint density at radius 1 is 1.18 bits per heavy atom. The third kappa shape index (κ3) is 12.3. The predicted octanol–water partition coefficient (Wildman–Crippen LogP) is 4.09. The molecule has 1 atom stereocenters. The minimum Gasteiger partial charge on any atom is -0.313 e. The van der Waals surface area contributed by atoms with Crippen molar-refractivity contribution >= 4 is 11.8 Å². The molecule has 0 spiro atoms. The molecule has 1 N–H and O–H groups in total. The summed E-state index contributed by atoms with van der Waals surface area (Å²) in [6.45, 7) is 7.06. The Kier molecular flexibility index (Phi) is 9.14. The summed E-state index contributed by atoms with van der Waals surface area (Å²) in [7, 11) is 0. The van der Waals surface area contributed by atoms with Gasteiger partial charge in [-0.15, -0.1) is 0 Å². The number of hydrogen-bond donors (Lipinski definition) is 1. The van der Waals surface area contributed by atoms with E-state index in [1.807, 2.05) is 6.92 Å². The van der Waals surface area contributed by atoms with Gasteiger partial charge in [-0.05, 0) is 31.1 Å². The fourth-order valence-electron chi connectivity index (χ4n) is 1.38. The van der Waals surface area contributed by atoms with Crippen LogP contribution in [0.15, 0.2) is 0 Å². The van der Waals surface area contributed by atoms with E-state index in [1.54, 1.807) is 11.8 Å². The van der Waals surface area contributed by atoms with Gasteiger partial charge < -0.3 is 5.32 Å². The zero-order chi connectivity index (χ0) is 13.3. The molecule has 0 bridgehead atoms. The molecule has 0 saturated heterocycles. The highest BCUT2D eigenvalue weighted by Gasteiger charge is 2.28. The Hall–Kier alpha value is 0.100. The molecule has 17 heavy (non-hydrogen) atoms. The molecular weight excluding hydrogens is 247 g/mol. The molecule has 0 aliphatic carbocycles. The summed E-state index contributed by atoms with van der Waals surface area (Å²) < 4.78 is 36.5. The summed E-state index contributed by atoms with van der Waals surface area (Å²) in [6.07, 6.45) is -3.57. The van der Waals surface area contributed by atoms with Gasteiger partial charge in [0.2, 0.25) is 0 Å². The molecule has 0 rings (SSSR count). The van der Waals surface area contributed by atoms with Crippen molar-refractivity contribution in [2.24, 2.45) is 5.92 Å². The van der Waals surface area contributed by atoms with Crippen molar-refractivity contribution in [3.63, 3.8) is 0 Å². The van der Waals surface area contributed by atoms with E-state index < -0.39 is 12.6 Å². The molecule has 0 fully saturated rings. The van der Waals surface area contributed by atoms with Gasteiger partial charge in [-0.25, -0.2) is 0 Å². The smallest absolute Gasteiger partial charge is 0.313 e. The van der Waals surface area contributed by atoms with Gasteiger partial charge in [0.25, 0.3) is 0 Å². The number of halogens is 3. The van der Waals surface area contributed by atoms with Crippen molar-refractivity contribution in [3.05, 3.63) is 0 Å². The van der Waals surface area contributed by atoms with Crippen LogP contribution in [-0.4, -0.2) is 30.3 Å². The van der Waals surface area contributed by atoms with E-state index in [4.69, 9.17) is 0 Å². The maximum absolute atomic E-state index is 12.2. The highest BCUT2D eigenvalue weighted by atomic mass is 32.2. The van der Waals surface area contributed by atoms with E-state index >= 15 is 0 Å². The quantitative estimate of drug-likeness (QED) is 0.678. The van der Waals surface area contributed by atoms with Crippen molar-refractivity contribution in [2.45, 2.75) is 52.3 Å². The van der Waals surface area contributed by atoms with Crippen LogP contribution in [0.25, 0.3) is 0 Å². The molecule has 0 aliphatic heterocycles. The Bertz CT molecular complexity index is 183. The van der Waals surface area contributed by atoms with E-state index in [-0.39, 0.29) is 12.5 Å². The highest BCUT2D eigenvalue weighted by molar-refractivity contribution is 7.99. The molecule has 0 aromatic heterocycles. The van der Waals surface area contributed by atoms with Gasteiger partial charge >= 0.3 is 6.18 Å². The molecule has 0 aliphatic rings. The van der Waals surface area contributed by atoms with Gasteiger partial charge in [-0.2, -0.15) is 24.9 Å². The summed E-state index contributed by atoms with van der Waals surface area (Å²) >= 11 is 1.74. The van der Waals surface area contributed by atoms with Crippen LogP contribution in [0.1, 0.15) is 40.0 Å². The minimum atomic E-state index is -4.03. The van der Waals surface area contributed by atoms with E-state index in [9.17, 15) is 13.2 Å². The summed E-state index contributed by atoms with van der Waals surface area (Å²) in [4.78, 5) is 0. The van der Waals surface area contributed by atoms with Gasteiger partial charge in [0.05, 0.1) is 0 Å². The van der Waals surface area contributed by atoms with Crippen LogP contribution in [0.4, 0.5) is 13.2 Å². The third-order valence-electron chi connectivity index (χ3n) is 2.23. The lowest BCUT2D eigenvalue weighted by molar-refractivity contribution is -0.136. The maximum Gasteiger partial charge on any atom is 0.389 e. The van der Waals surface area contributed by atoms with E-state index in [2.05, 4.69) is 19.2 Å². The number of hydrogen-bond acceptors (Lipinski definition) is 2. The van der Waals surface area contributed by atoms with Gasteiger partial charge in [0.1, 0.15) is 0 Å². The van der Waals surface area contributed by atoms with E-state index in [0.717, 1.165) is 24.5 Å². The summed E-state index contributed by atoms with van der Waals surface area (Å²) in [6, 6.07) is -0.0136. The lowest BCUT2D eigenvalue weighted by Gasteiger charge is -2.19. The monoisotopic (exact) mass is 271 g/mol. The standard InChI is InChI=1S/C12H24F3NS/c1-4-7-16-11(5-6-12(13,14)15)9-17-8-10(2)3/h10-11,16H,4-9H2,1-3H3. The second kappa shape index (κ2) is 9.09. The summed E-state index contributed by atoms with van der Waals surface area (Å²) in [5.41, 5.74) is 0. The average Bonchev–Trinajstić information content (AvgIpc) is 2.19. The number of nitrogens with one attached hydrogen (secondary N) is 1. The van der Waals surface area contributed by atoms with Crippen molar-refractivity contribution in [2.75, 3.05) is 18.1 Å². The molecule has 0 aromatic carbocycles. The third-order valence-corrected chi connectivity index (χ3v) is 3.77. The fourth-order valence-corrected chi connectivity index (χ4v) is 2.55. The van der Waals surface area contributed by atoms with Gasteiger partial charge in [-0.1, -0.05) is 20.8 Å². The van der Waals surface area contributed by atoms with Gasteiger partial charge in [0.15, 0.2) is 0 Å². The van der Waals surface area contributed by atoms with Crippen molar-refractivity contribution in [1.82, 2.24) is 5.32 Å². The Morgan fingerprint density at radius 2 is 1.82 bits per heavy atom. The Labute approximate surface area is 107 Å². The first kappa shape index (κ1) is 17.1. The first-order valence-electron chi connectivity index (χ1n) is 6.23. The van der Waals surface area contributed by atoms with Crippen molar-refractivity contribution in [3.8, 4) is 0 Å². The van der Waals surface area contributed by atoms with Crippen LogP contribution >= 0.6 is 11.8 Å². The van der Waals surface area contributed by atoms with Crippen molar-refractivity contribution < 1.29 is 13.2 Å². The molecule has 5 heteroatoms. The number of thioether (sulfide) groups is 1. The van der Waals surface area contributed by atoms with Crippen LogP contribution in [0.5, 0.6) is 0 Å². The second-order valence-electron chi connectivity index (χ2n) is 4.74. The molecule has 1 nitrogen and oxygen atoms in total. The van der Waals surface area contributed by atoms with Crippen LogP contribution in [0.3, 0.4) is 0 Å². The first-order chi connectivity index (χ1) is 7.85. The van der Waals surface area contributed by atoms with Gasteiger partial charge in [0, 0.05) is 18.2 Å². The summed E-state index contributed by atoms with van der Waals surface area (Å²) in [5.74, 6) is 2.37. The van der Waals surface area contributed by atoms with E-state index in [0.29, 0.717) is 5.92 Å². The maximum atomic E-state index is 12.2. The predicted molar refractivity (Wildman–Crippen MR) is 69.5 cm³/mol. The van der Waals surface area contributed by atoms with Crippen LogP contribution in [0, 0.1) is 5.92 Å². The van der Waals surface area contributed by atoms with Crippen LogP contribution < -0.4 is 5.32 Å². The minimum absolute atomic E-state index is 0.0136. The Morgan fingerprint density at radius 3 is 2.29 bits per heavy atom. The lowest BCUT2D eigenvalue weighted by atomic mass is 10.2. The molecule has 0 aromatic rings. The molecule has 0 amide bonds. The molecule has 0 saturated carbocycles. The number of alkyl halides is 3. The molecule has 0 heterocycles. The zero-order valence-corrected chi connectivity index (χ0v) is 11.8. The Balaban J connectivity index is 3.87. The lowest BCUT2D eigenvalue weighted by Crippen LogP contribution is -2.33. The van der Waals surface area contributed by atoms with Crippen molar-refractivity contribution in [1.29, 1.82) is 0 Å². The molecule has 104 valence electrons. The van der Waals surface area contributed by atoms with E-state index in [1.165, 1.54) is 0 Å². The molecular formula is C12H24F3NS. The normalized spacial score (nSPS) is 14.3. The summed E-state index contributed by atoms with van der Waals surface area (Å²) in [5, 5.41) is 3.19. The second-order valence-corrected chi connectivity index (χ2v) is 5.81. The molecule has 0 radical (unpaired) electrons. The molecule has 1 unspecified atom stereocenters. The fraction of sp³-hybridized carbons (Fsp3) is 1.00.